The maximum absolute atomic E-state index is 12.6. The van der Waals surface area contributed by atoms with E-state index in [0.29, 0.717) is 28.6 Å². The number of nitrogens with zero attached hydrogens (tertiary/aromatic N) is 1. The first-order valence-electron chi connectivity index (χ1n) is 8.95. The van der Waals surface area contributed by atoms with Crippen LogP contribution >= 0.6 is 11.6 Å². The van der Waals surface area contributed by atoms with Crippen LogP contribution in [-0.4, -0.2) is 12.5 Å². The molecule has 0 aliphatic heterocycles. The molecule has 0 saturated carbocycles. The Balaban J connectivity index is 2.00. The molecule has 0 aliphatic rings. The summed E-state index contributed by atoms with van der Waals surface area (Å²) in [5.41, 5.74) is 1.28. The molecular weight excluding hydrogens is 372 g/mol. The lowest BCUT2D eigenvalue weighted by atomic mass is 10.0. The fourth-order valence-electron chi connectivity index (χ4n) is 2.79. The Labute approximate surface area is 169 Å². The van der Waals surface area contributed by atoms with Crippen LogP contribution in [0.25, 0.3) is 16.8 Å². The zero-order valence-corrected chi connectivity index (χ0v) is 16.2. The Bertz CT molecular complexity index is 1070. The predicted octanol–water partition coefficient (Wildman–Crippen LogP) is 5.83. The zero-order valence-electron chi connectivity index (χ0n) is 15.4. The van der Waals surface area contributed by atoms with Crippen LogP contribution in [0.5, 0.6) is 5.75 Å². The van der Waals surface area contributed by atoms with E-state index in [1.54, 1.807) is 30.3 Å². The second-order valence-corrected chi connectivity index (χ2v) is 6.61. The number of ether oxygens (including phenoxy) is 1. The highest BCUT2D eigenvalue weighted by atomic mass is 35.5. The van der Waals surface area contributed by atoms with Crippen LogP contribution in [0, 0.1) is 11.3 Å². The number of hydrogen-bond acceptors (Lipinski definition) is 3. The van der Waals surface area contributed by atoms with E-state index in [2.05, 4.69) is 5.32 Å². The molecule has 0 unspecified atom stereocenters. The van der Waals surface area contributed by atoms with Gasteiger partial charge in [-0.3, -0.25) is 4.79 Å². The molecule has 0 heterocycles. The Kier molecular flexibility index (Phi) is 6.31. The van der Waals surface area contributed by atoms with E-state index < -0.39 is 5.91 Å². The number of amides is 1. The van der Waals surface area contributed by atoms with Gasteiger partial charge >= 0.3 is 0 Å². The van der Waals surface area contributed by atoms with E-state index in [9.17, 15) is 10.1 Å². The van der Waals surface area contributed by atoms with Crippen LogP contribution in [0.1, 0.15) is 18.9 Å². The van der Waals surface area contributed by atoms with E-state index in [-0.39, 0.29) is 5.57 Å². The number of rotatable bonds is 6. The molecule has 28 heavy (non-hydrogen) atoms. The average molecular weight is 391 g/mol. The minimum atomic E-state index is -0.487. The maximum atomic E-state index is 12.6. The van der Waals surface area contributed by atoms with Gasteiger partial charge in [0.1, 0.15) is 17.4 Å². The minimum absolute atomic E-state index is 0.00680. The number of anilines is 1. The molecule has 0 bridgehead atoms. The molecule has 0 radical (unpaired) electrons. The first-order valence-corrected chi connectivity index (χ1v) is 9.33. The standard InChI is InChI=1S/C23H19ClN2O2/c1-2-13-28-22-12-7-16-5-3-4-6-20(16)21(22)14-17(15-25)23(27)26-19-10-8-18(24)9-11-19/h3-12,14H,2,13H2,1H3,(H,26,27)/b17-14+. The summed E-state index contributed by atoms with van der Waals surface area (Å²) in [5.74, 6) is 0.159. The molecule has 140 valence electrons. The largest absolute Gasteiger partial charge is 0.493 e. The molecule has 0 aliphatic carbocycles. The number of hydrogen-bond donors (Lipinski definition) is 1. The Morgan fingerprint density at radius 3 is 2.61 bits per heavy atom. The topological polar surface area (TPSA) is 62.1 Å². The SMILES string of the molecule is CCCOc1ccc2ccccc2c1/C=C(\C#N)C(=O)Nc1ccc(Cl)cc1. The molecule has 3 aromatic rings. The summed E-state index contributed by atoms with van der Waals surface area (Å²) >= 11 is 5.87. The lowest BCUT2D eigenvalue weighted by Crippen LogP contribution is -2.13. The Morgan fingerprint density at radius 2 is 1.89 bits per heavy atom. The number of fused-ring (bicyclic) bond motifs is 1. The minimum Gasteiger partial charge on any atom is -0.493 e. The van der Waals surface area contributed by atoms with Gasteiger partial charge in [0.05, 0.1) is 6.61 Å². The third kappa shape index (κ3) is 4.51. The van der Waals surface area contributed by atoms with Crippen molar-refractivity contribution in [1.82, 2.24) is 0 Å². The molecule has 0 atom stereocenters. The van der Waals surface area contributed by atoms with Crippen molar-refractivity contribution in [2.24, 2.45) is 0 Å². The van der Waals surface area contributed by atoms with Crippen molar-refractivity contribution < 1.29 is 9.53 Å². The van der Waals surface area contributed by atoms with E-state index in [4.69, 9.17) is 16.3 Å². The van der Waals surface area contributed by atoms with Gasteiger partial charge in [-0.15, -0.1) is 0 Å². The van der Waals surface area contributed by atoms with Crippen molar-refractivity contribution in [3.05, 3.63) is 76.8 Å². The maximum Gasteiger partial charge on any atom is 0.266 e. The van der Waals surface area contributed by atoms with E-state index in [1.165, 1.54) is 0 Å². The van der Waals surface area contributed by atoms with Gasteiger partial charge in [0.25, 0.3) is 5.91 Å². The molecule has 0 spiro atoms. The first-order chi connectivity index (χ1) is 13.6. The lowest BCUT2D eigenvalue weighted by Gasteiger charge is -2.12. The van der Waals surface area contributed by atoms with Gasteiger partial charge in [0, 0.05) is 16.3 Å². The molecule has 0 saturated heterocycles. The van der Waals surface area contributed by atoms with Crippen molar-refractivity contribution in [1.29, 1.82) is 5.26 Å². The number of carbonyl (C=O) groups excluding carboxylic acids is 1. The third-order valence-electron chi connectivity index (χ3n) is 4.15. The number of halogens is 1. The van der Waals surface area contributed by atoms with Crippen LogP contribution in [0.3, 0.4) is 0 Å². The fraction of sp³-hybridized carbons (Fsp3) is 0.130. The third-order valence-corrected chi connectivity index (χ3v) is 4.40. The van der Waals surface area contributed by atoms with Crippen LogP contribution in [0.2, 0.25) is 5.02 Å². The molecule has 1 N–H and O–H groups in total. The Hall–Kier alpha value is -3.29. The van der Waals surface area contributed by atoms with Crippen LogP contribution in [0.4, 0.5) is 5.69 Å². The summed E-state index contributed by atoms with van der Waals surface area (Å²) in [5, 5.41) is 14.8. The summed E-state index contributed by atoms with van der Waals surface area (Å²) in [6.07, 6.45) is 2.44. The van der Waals surface area contributed by atoms with Crippen molar-refractivity contribution in [3.63, 3.8) is 0 Å². The van der Waals surface area contributed by atoms with Gasteiger partial charge in [-0.2, -0.15) is 5.26 Å². The van der Waals surface area contributed by atoms with E-state index in [0.717, 1.165) is 17.2 Å². The fourth-order valence-corrected chi connectivity index (χ4v) is 2.91. The molecule has 5 heteroatoms. The normalized spacial score (nSPS) is 11.1. The second-order valence-electron chi connectivity index (χ2n) is 6.18. The average Bonchev–Trinajstić information content (AvgIpc) is 2.72. The molecular formula is C23H19ClN2O2. The quantitative estimate of drug-likeness (QED) is 0.425. The van der Waals surface area contributed by atoms with Gasteiger partial charge in [-0.25, -0.2) is 0 Å². The second kappa shape index (κ2) is 9.07. The highest BCUT2D eigenvalue weighted by Crippen LogP contribution is 2.30. The highest BCUT2D eigenvalue weighted by molar-refractivity contribution is 6.30. The number of benzene rings is 3. The van der Waals surface area contributed by atoms with Gasteiger partial charge in [-0.1, -0.05) is 48.9 Å². The molecule has 3 aromatic carbocycles. The van der Waals surface area contributed by atoms with Crippen LogP contribution < -0.4 is 10.1 Å². The predicted molar refractivity (Wildman–Crippen MR) is 113 cm³/mol. The Morgan fingerprint density at radius 1 is 1.14 bits per heavy atom. The summed E-state index contributed by atoms with van der Waals surface area (Å²) in [6, 6.07) is 20.4. The van der Waals surface area contributed by atoms with E-state index in [1.807, 2.05) is 49.4 Å². The molecule has 0 aromatic heterocycles. The lowest BCUT2D eigenvalue weighted by molar-refractivity contribution is -0.112. The molecule has 3 rings (SSSR count). The van der Waals surface area contributed by atoms with Gasteiger partial charge in [0.2, 0.25) is 0 Å². The zero-order chi connectivity index (χ0) is 19.9. The van der Waals surface area contributed by atoms with Gasteiger partial charge < -0.3 is 10.1 Å². The summed E-state index contributed by atoms with van der Waals surface area (Å²) in [4.78, 5) is 12.6. The highest BCUT2D eigenvalue weighted by Gasteiger charge is 2.13. The molecule has 0 fully saturated rings. The molecule has 1 amide bonds. The summed E-state index contributed by atoms with van der Waals surface area (Å²) in [6.45, 7) is 2.58. The van der Waals surface area contributed by atoms with E-state index >= 15 is 0 Å². The molecule has 4 nitrogen and oxygen atoms in total. The number of nitriles is 1. The summed E-state index contributed by atoms with van der Waals surface area (Å²) in [7, 11) is 0. The number of carbonyl (C=O) groups is 1. The van der Waals surface area contributed by atoms with Crippen molar-refractivity contribution in [2.45, 2.75) is 13.3 Å². The number of nitrogens with one attached hydrogen (secondary N) is 1. The van der Waals surface area contributed by atoms with Crippen molar-refractivity contribution in [3.8, 4) is 11.8 Å². The summed E-state index contributed by atoms with van der Waals surface area (Å²) < 4.78 is 5.85. The van der Waals surface area contributed by atoms with Crippen LogP contribution in [0.15, 0.2) is 66.2 Å². The van der Waals surface area contributed by atoms with Crippen molar-refractivity contribution >= 4 is 40.0 Å². The van der Waals surface area contributed by atoms with Crippen LogP contribution in [-0.2, 0) is 4.79 Å². The smallest absolute Gasteiger partial charge is 0.266 e. The van der Waals surface area contributed by atoms with Gasteiger partial charge in [-0.05, 0) is 53.6 Å². The monoisotopic (exact) mass is 390 g/mol. The van der Waals surface area contributed by atoms with Crippen molar-refractivity contribution in [2.75, 3.05) is 11.9 Å². The first kappa shape index (κ1) is 19.5. The van der Waals surface area contributed by atoms with Gasteiger partial charge in [0.15, 0.2) is 0 Å².